The Hall–Kier alpha value is -2.40. The van der Waals surface area contributed by atoms with Gasteiger partial charge in [0.2, 0.25) is 5.91 Å². The van der Waals surface area contributed by atoms with E-state index in [4.69, 9.17) is 0 Å². The van der Waals surface area contributed by atoms with Crippen molar-refractivity contribution >= 4 is 22.6 Å². The van der Waals surface area contributed by atoms with Gasteiger partial charge in [0.15, 0.2) is 0 Å². The minimum absolute atomic E-state index is 0.127. The van der Waals surface area contributed by atoms with Crippen LogP contribution in [0.4, 0.5) is 0 Å². The second-order valence-corrected chi connectivity index (χ2v) is 7.14. The van der Waals surface area contributed by atoms with Gasteiger partial charge in [0.1, 0.15) is 0 Å². The highest BCUT2D eigenvalue weighted by Gasteiger charge is 2.24. The molecule has 144 valence electrons. The molecule has 0 aliphatic carbocycles. The summed E-state index contributed by atoms with van der Waals surface area (Å²) in [4.78, 5) is 27.1. The molecule has 1 aliphatic heterocycles. The van der Waals surface area contributed by atoms with Gasteiger partial charge < -0.3 is 15.5 Å². The van der Waals surface area contributed by atoms with Crippen molar-refractivity contribution in [3.05, 3.63) is 48.0 Å². The molecule has 0 bridgehead atoms. The summed E-state index contributed by atoms with van der Waals surface area (Å²) in [7, 11) is 0. The quantitative estimate of drug-likeness (QED) is 0.791. The molecule has 1 heterocycles. The van der Waals surface area contributed by atoms with Gasteiger partial charge in [-0.3, -0.25) is 9.59 Å². The van der Waals surface area contributed by atoms with Crippen LogP contribution < -0.4 is 10.6 Å². The molecule has 27 heavy (non-hydrogen) atoms. The van der Waals surface area contributed by atoms with Crippen LogP contribution in [0.1, 0.15) is 43.0 Å². The summed E-state index contributed by atoms with van der Waals surface area (Å²) in [5.41, 5.74) is 0.630. The summed E-state index contributed by atoms with van der Waals surface area (Å²) in [6.07, 6.45) is 3.33. The van der Waals surface area contributed by atoms with Crippen LogP contribution in [0.5, 0.6) is 0 Å². The second-order valence-electron chi connectivity index (χ2n) is 7.14. The van der Waals surface area contributed by atoms with Crippen molar-refractivity contribution in [2.24, 2.45) is 0 Å². The first kappa shape index (κ1) is 19.4. The molecule has 3 rings (SSSR count). The highest BCUT2D eigenvalue weighted by Crippen LogP contribution is 2.16. The van der Waals surface area contributed by atoms with Crippen molar-refractivity contribution in [2.45, 2.75) is 38.6 Å². The number of carbonyl (C=O) groups excluding carboxylic acids is 2. The Balaban J connectivity index is 1.53. The third kappa shape index (κ3) is 5.07. The van der Waals surface area contributed by atoms with E-state index < -0.39 is 0 Å². The number of hydrogen-bond donors (Lipinski definition) is 2. The van der Waals surface area contributed by atoms with E-state index in [0.29, 0.717) is 24.6 Å². The number of nitrogens with zero attached hydrogens (tertiary/aromatic N) is 1. The first-order chi connectivity index (χ1) is 13.2. The maximum absolute atomic E-state index is 12.7. The van der Waals surface area contributed by atoms with Gasteiger partial charge in [-0.1, -0.05) is 37.3 Å². The van der Waals surface area contributed by atoms with E-state index in [1.165, 1.54) is 0 Å². The minimum atomic E-state index is -0.127. The fraction of sp³-hybridized carbons (Fsp3) is 0.455. The molecule has 0 spiro atoms. The van der Waals surface area contributed by atoms with Crippen molar-refractivity contribution in [1.29, 1.82) is 0 Å². The van der Waals surface area contributed by atoms with Crippen molar-refractivity contribution in [3.63, 3.8) is 0 Å². The average molecular weight is 367 g/mol. The molecule has 0 atom stereocenters. The zero-order valence-corrected chi connectivity index (χ0v) is 16.0. The summed E-state index contributed by atoms with van der Waals surface area (Å²) in [6.45, 7) is 5.20. The molecular formula is C22H29N3O2. The van der Waals surface area contributed by atoms with Gasteiger partial charge in [-0.15, -0.1) is 0 Å². The number of piperidine rings is 1. The van der Waals surface area contributed by atoms with Crippen LogP contribution in [0.3, 0.4) is 0 Å². The van der Waals surface area contributed by atoms with Crippen LogP contribution in [0.15, 0.2) is 42.5 Å². The van der Waals surface area contributed by atoms with Crippen LogP contribution in [-0.4, -0.2) is 48.9 Å². The van der Waals surface area contributed by atoms with Gasteiger partial charge in [-0.2, -0.15) is 0 Å². The van der Waals surface area contributed by atoms with Gasteiger partial charge in [0, 0.05) is 31.1 Å². The van der Waals surface area contributed by atoms with E-state index in [-0.39, 0.29) is 11.8 Å². The lowest BCUT2D eigenvalue weighted by Gasteiger charge is -2.34. The van der Waals surface area contributed by atoms with Gasteiger partial charge in [0.25, 0.3) is 5.91 Å². The fourth-order valence-electron chi connectivity index (χ4n) is 3.73. The normalized spacial score (nSPS) is 14.9. The van der Waals surface area contributed by atoms with Crippen molar-refractivity contribution in [1.82, 2.24) is 15.5 Å². The van der Waals surface area contributed by atoms with Crippen LogP contribution in [0.2, 0.25) is 0 Å². The smallest absolute Gasteiger partial charge is 0.251 e. The van der Waals surface area contributed by atoms with E-state index in [9.17, 15) is 9.59 Å². The first-order valence-corrected chi connectivity index (χ1v) is 9.96. The molecule has 5 nitrogen and oxygen atoms in total. The van der Waals surface area contributed by atoms with Gasteiger partial charge >= 0.3 is 0 Å². The topological polar surface area (TPSA) is 61.4 Å². The van der Waals surface area contributed by atoms with Crippen molar-refractivity contribution < 1.29 is 9.59 Å². The van der Waals surface area contributed by atoms with Gasteiger partial charge in [-0.25, -0.2) is 0 Å². The monoisotopic (exact) mass is 367 g/mol. The maximum Gasteiger partial charge on any atom is 0.251 e. The number of nitrogens with one attached hydrogen (secondary N) is 2. The average Bonchev–Trinajstić information content (AvgIpc) is 2.72. The van der Waals surface area contributed by atoms with E-state index in [1.54, 1.807) is 0 Å². The van der Waals surface area contributed by atoms with Crippen LogP contribution >= 0.6 is 0 Å². The molecule has 2 aromatic carbocycles. The Morgan fingerprint density at radius 1 is 1.11 bits per heavy atom. The number of carbonyl (C=O) groups is 2. The number of rotatable bonds is 7. The summed E-state index contributed by atoms with van der Waals surface area (Å²) < 4.78 is 0. The number of hydrogen-bond acceptors (Lipinski definition) is 3. The Bertz CT molecular complexity index is 784. The zero-order chi connectivity index (χ0) is 19.1. The van der Waals surface area contributed by atoms with E-state index in [1.807, 2.05) is 47.4 Å². The van der Waals surface area contributed by atoms with Crippen molar-refractivity contribution in [2.75, 3.05) is 26.2 Å². The summed E-state index contributed by atoms with van der Waals surface area (Å²) >= 11 is 0. The number of benzene rings is 2. The Morgan fingerprint density at radius 3 is 2.59 bits per heavy atom. The lowest BCUT2D eigenvalue weighted by Crippen LogP contribution is -2.47. The summed E-state index contributed by atoms with van der Waals surface area (Å²) in [5.74, 6) is 0.0139. The lowest BCUT2D eigenvalue weighted by atomic mass is 10.0. The predicted molar refractivity (Wildman–Crippen MR) is 109 cm³/mol. The van der Waals surface area contributed by atoms with Gasteiger partial charge in [0.05, 0.1) is 0 Å². The molecule has 1 saturated heterocycles. The maximum atomic E-state index is 12.7. The Labute approximate surface area is 161 Å². The zero-order valence-electron chi connectivity index (χ0n) is 16.0. The molecule has 2 amide bonds. The first-order valence-electron chi connectivity index (χ1n) is 9.96. The molecule has 2 aromatic rings. The predicted octanol–water partition coefficient (Wildman–Crippen LogP) is 2.95. The second kappa shape index (κ2) is 9.51. The van der Waals surface area contributed by atoms with Gasteiger partial charge in [-0.05, 0) is 55.3 Å². The molecule has 0 unspecified atom stereocenters. The molecular weight excluding hydrogens is 338 g/mol. The van der Waals surface area contributed by atoms with E-state index in [0.717, 1.165) is 49.7 Å². The molecule has 2 N–H and O–H groups in total. The molecule has 0 saturated carbocycles. The third-order valence-electron chi connectivity index (χ3n) is 5.17. The van der Waals surface area contributed by atoms with Crippen LogP contribution in [0.25, 0.3) is 10.8 Å². The highest BCUT2D eigenvalue weighted by molar-refractivity contribution is 5.98. The number of amides is 2. The molecule has 5 heteroatoms. The third-order valence-corrected chi connectivity index (χ3v) is 5.17. The van der Waals surface area contributed by atoms with Crippen molar-refractivity contribution in [3.8, 4) is 0 Å². The molecule has 1 aliphatic rings. The standard InChI is InChI=1S/C22H29N3O2/c1-2-15-25(20-9-12-23-13-10-20)21(26)11-14-24-22(27)19-8-7-17-5-3-4-6-18(17)16-19/h3-8,16,20,23H,2,9-15H2,1H3,(H,24,27). The lowest BCUT2D eigenvalue weighted by molar-refractivity contribution is -0.134. The largest absolute Gasteiger partial charge is 0.352 e. The fourth-order valence-corrected chi connectivity index (χ4v) is 3.73. The Morgan fingerprint density at radius 2 is 1.85 bits per heavy atom. The SMILES string of the molecule is CCCN(C(=O)CCNC(=O)c1ccc2ccccc2c1)C1CCNCC1. The number of fused-ring (bicyclic) bond motifs is 1. The molecule has 1 fully saturated rings. The minimum Gasteiger partial charge on any atom is -0.352 e. The highest BCUT2D eigenvalue weighted by atomic mass is 16.2. The van der Waals surface area contributed by atoms with Crippen LogP contribution in [0, 0.1) is 0 Å². The molecule has 0 aromatic heterocycles. The van der Waals surface area contributed by atoms with Crippen LogP contribution in [-0.2, 0) is 4.79 Å². The summed E-state index contributed by atoms with van der Waals surface area (Å²) in [6, 6.07) is 14.0. The van der Waals surface area contributed by atoms with E-state index >= 15 is 0 Å². The Kier molecular flexibility index (Phi) is 6.82. The molecule has 0 radical (unpaired) electrons. The summed E-state index contributed by atoms with van der Waals surface area (Å²) in [5, 5.41) is 8.40. The van der Waals surface area contributed by atoms with E-state index in [2.05, 4.69) is 17.6 Å².